The number of amides is 1. The van der Waals surface area contributed by atoms with Gasteiger partial charge in [-0.15, -0.1) is 0 Å². The van der Waals surface area contributed by atoms with E-state index >= 15 is 0 Å². The maximum absolute atomic E-state index is 13.2. The zero-order chi connectivity index (χ0) is 20.3. The van der Waals surface area contributed by atoms with E-state index in [0.29, 0.717) is 43.6 Å². The molecule has 1 aromatic carbocycles. The summed E-state index contributed by atoms with van der Waals surface area (Å²) >= 11 is 0. The van der Waals surface area contributed by atoms with Crippen molar-refractivity contribution in [3.63, 3.8) is 0 Å². The molecule has 1 amide bonds. The lowest BCUT2D eigenvalue weighted by Crippen LogP contribution is -2.39. The van der Waals surface area contributed by atoms with Crippen LogP contribution in [-0.2, 0) is 21.4 Å². The van der Waals surface area contributed by atoms with E-state index in [4.69, 9.17) is 4.52 Å². The second-order valence-electron chi connectivity index (χ2n) is 7.11. The Bertz CT molecular complexity index is 930. The molecular formula is C19H24FN3O4S. The molecule has 0 saturated carbocycles. The van der Waals surface area contributed by atoms with Crippen LogP contribution in [0.15, 0.2) is 33.7 Å². The molecule has 1 aromatic heterocycles. The summed E-state index contributed by atoms with van der Waals surface area (Å²) in [6, 6.07) is 6.10. The number of piperidine rings is 1. The van der Waals surface area contributed by atoms with Crippen LogP contribution in [0.5, 0.6) is 0 Å². The Morgan fingerprint density at radius 3 is 2.64 bits per heavy atom. The standard InChI is InChI=1S/C19H24FN3O4S/c1-13-19(14(2)27-22-13)28(25,26)23-8-6-15(7-9-23)11-18(24)21-12-16-4-3-5-17(20)10-16/h3-5,10,15H,6-9,11-12H2,1-2H3,(H,21,24). The molecule has 9 heteroatoms. The fourth-order valence-electron chi connectivity index (χ4n) is 3.51. The number of rotatable bonds is 6. The van der Waals surface area contributed by atoms with Crippen LogP contribution in [0.2, 0.25) is 0 Å². The largest absolute Gasteiger partial charge is 0.360 e. The third kappa shape index (κ3) is 4.59. The maximum atomic E-state index is 13.2. The number of hydrogen-bond acceptors (Lipinski definition) is 5. The SMILES string of the molecule is Cc1noc(C)c1S(=O)(=O)N1CCC(CC(=O)NCc2cccc(F)c2)CC1. The van der Waals surface area contributed by atoms with E-state index in [1.807, 2.05) is 0 Å². The molecule has 7 nitrogen and oxygen atoms in total. The maximum Gasteiger partial charge on any atom is 0.248 e. The highest BCUT2D eigenvalue weighted by molar-refractivity contribution is 7.89. The van der Waals surface area contributed by atoms with Crippen LogP contribution in [0.25, 0.3) is 0 Å². The Kier molecular flexibility index (Phi) is 6.14. The van der Waals surface area contributed by atoms with Crippen molar-refractivity contribution in [2.45, 2.75) is 44.6 Å². The molecule has 3 rings (SSSR count). The van der Waals surface area contributed by atoms with Crippen molar-refractivity contribution in [3.8, 4) is 0 Å². The third-order valence-electron chi connectivity index (χ3n) is 4.99. The van der Waals surface area contributed by atoms with Gasteiger partial charge in [-0.25, -0.2) is 12.8 Å². The molecule has 0 atom stereocenters. The minimum atomic E-state index is -3.64. The summed E-state index contributed by atoms with van der Waals surface area (Å²) in [5, 5.41) is 6.52. The normalized spacial score (nSPS) is 16.2. The average Bonchev–Trinajstić information content (AvgIpc) is 2.99. The quantitative estimate of drug-likeness (QED) is 0.792. The first kappa shape index (κ1) is 20.5. The van der Waals surface area contributed by atoms with Crippen LogP contribution in [0.4, 0.5) is 4.39 Å². The van der Waals surface area contributed by atoms with Crippen LogP contribution >= 0.6 is 0 Å². The molecular weight excluding hydrogens is 385 g/mol. The number of aryl methyl sites for hydroxylation is 2. The van der Waals surface area contributed by atoms with Gasteiger partial charge in [0.25, 0.3) is 0 Å². The smallest absolute Gasteiger partial charge is 0.248 e. The van der Waals surface area contributed by atoms with Crippen molar-refractivity contribution >= 4 is 15.9 Å². The van der Waals surface area contributed by atoms with Gasteiger partial charge >= 0.3 is 0 Å². The van der Waals surface area contributed by atoms with Crippen molar-refractivity contribution in [1.82, 2.24) is 14.8 Å². The van der Waals surface area contributed by atoms with Gasteiger partial charge in [-0.1, -0.05) is 17.3 Å². The summed E-state index contributed by atoms with van der Waals surface area (Å²) in [6.45, 7) is 4.18. The summed E-state index contributed by atoms with van der Waals surface area (Å²) in [7, 11) is -3.64. The highest BCUT2D eigenvalue weighted by Gasteiger charge is 2.34. The number of aromatic nitrogens is 1. The molecule has 1 N–H and O–H groups in total. The predicted octanol–water partition coefficient (Wildman–Crippen LogP) is 2.54. The Morgan fingerprint density at radius 2 is 2.04 bits per heavy atom. The topological polar surface area (TPSA) is 92.5 Å². The van der Waals surface area contributed by atoms with Gasteiger partial charge in [0.2, 0.25) is 15.9 Å². The highest BCUT2D eigenvalue weighted by Crippen LogP contribution is 2.28. The van der Waals surface area contributed by atoms with Crippen molar-refractivity contribution in [3.05, 3.63) is 47.1 Å². The first-order valence-corrected chi connectivity index (χ1v) is 10.7. The number of nitrogens with zero attached hydrogens (tertiary/aromatic N) is 2. The Balaban J connectivity index is 1.50. The third-order valence-corrected chi connectivity index (χ3v) is 7.14. The summed E-state index contributed by atoms with van der Waals surface area (Å²) < 4.78 is 45.2. The number of nitrogens with one attached hydrogen (secondary N) is 1. The molecule has 2 heterocycles. The summed E-state index contributed by atoms with van der Waals surface area (Å²) in [4.78, 5) is 12.3. The highest BCUT2D eigenvalue weighted by atomic mass is 32.2. The summed E-state index contributed by atoms with van der Waals surface area (Å²) in [6.07, 6.45) is 1.54. The van der Waals surface area contributed by atoms with Gasteiger partial charge in [0.15, 0.2) is 5.76 Å². The van der Waals surface area contributed by atoms with Crippen LogP contribution in [0, 0.1) is 25.6 Å². The van der Waals surface area contributed by atoms with Gasteiger partial charge in [0.05, 0.1) is 0 Å². The molecule has 2 aromatic rings. The minimum Gasteiger partial charge on any atom is -0.360 e. The number of hydrogen-bond donors (Lipinski definition) is 1. The number of halogens is 1. The molecule has 1 fully saturated rings. The van der Waals surface area contributed by atoms with Crippen molar-refractivity contribution in [1.29, 1.82) is 0 Å². The molecule has 0 aliphatic carbocycles. The van der Waals surface area contributed by atoms with Crippen molar-refractivity contribution in [2.24, 2.45) is 5.92 Å². The lowest BCUT2D eigenvalue weighted by Gasteiger charge is -2.30. The molecule has 1 saturated heterocycles. The summed E-state index contributed by atoms with van der Waals surface area (Å²) in [5.74, 6) is -0.0464. The number of carbonyl (C=O) groups excluding carboxylic acids is 1. The van der Waals surface area contributed by atoms with Crippen LogP contribution in [0.3, 0.4) is 0 Å². The fourth-order valence-corrected chi connectivity index (χ4v) is 5.27. The second-order valence-corrected chi connectivity index (χ2v) is 8.99. The van der Waals surface area contributed by atoms with Gasteiger partial charge < -0.3 is 9.84 Å². The van der Waals surface area contributed by atoms with Crippen molar-refractivity contribution in [2.75, 3.05) is 13.1 Å². The lowest BCUT2D eigenvalue weighted by atomic mass is 9.94. The van der Waals surface area contributed by atoms with Gasteiger partial charge in [-0.05, 0) is 50.3 Å². The first-order valence-electron chi connectivity index (χ1n) is 9.21. The van der Waals surface area contributed by atoms with Crippen LogP contribution in [0.1, 0.15) is 36.3 Å². The van der Waals surface area contributed by atoms with Gasteiger partial charge in [-0.3, -0.25) is 4.79 Å². The minimum absolute atomic E-state index is 0.114. The number of carbonyl (C=O) groups is 1. The Labute approximate surface area is 163 Å². The van der Waals surface area contributed by atoms with Gasteiger partial charge in [-0.2, -0.15) is 4.31 Å². The molecule has 0 spiro atoms. The lowest BCUT2D eigenvalue weighted by molar-refractivity contribution is -0.122. The van der Waals surface area contributed by atoms with E-state index in [0.717, 1.165) is 0 Å². The zero-order valence-electron chi connectivity index (χ0n) is 15.9. The van der Waals surface area contributed by atoms with Crippen molar-refractivity contribution < 1.29 is 22.1 Å². The van der Waals surface area contributed by atoms with Gasteiger partial charge in [0, 0.05) is 26.1 Å². The molecule has 152 valence electrons. The first-order chi connectivity index (χ1) is 13.3. The molecule has 1 aliphatic heterocycles. The Morgan fingerprint density at radius 1 is 1.32 bits per heavy atom. The monoisotopic (exact) mass is 409 g/mol. The second kappa shape index (κ2) is 8.40. The van der Waals surface area contributed by atoms with E-state index in [-0.39, 0.29) is 34.8 Å². The summed E-state index contributed by atoms with van der Waals surface area (Å²) in [5.41, 5.74) is 1.06. The van der Waals surface area contributed by atoms with Gasteiger partial charge in [0.1, 0.15) is 16.4 Å². The number of sulfonamides is 1. The molecule has 0 unspecified atom stereocenters. The van der Waals surface area contributed by atoms with Crippen LogP contribution in [-0.4, -0.2) is 36.9 Å². The molecule has 1 aliphatic rings. The van der Waals surface area contributed by atoms with E-state index < -0.39 is 10.0 Å². The fraction of sp³-hybridized carbons (Fsp3) is 0.474. The molecule has 28 heavy (non-hydrogen) atoms. The van der Waals surface area contributed by atoms with E-state index in [1.54, 1.807) is 26.0 Å². The number of benzene rings is 1. The zero-order valence-corrected chi connectivity index (χ0v) is 16.8. The Hall–Kier alpha value is -2.26. The predicted molar refractivity (Wildman–Crippen MR) is 100 cm³/mol. The molecule has 0 radical (unpaired) electrons. The van der Waals surface area contributed by atoms with E-state index in [2.05, 4.69) is 10.5 Å². The van der Waals surface area contributed by atoms with E-state index in [9.17, 15) is 17.6 Å². The van der Waals surface area contributed by atoms with E-state index in [1.165, 1.54) is 16.4 Å². The molecule has 0 bridgehead atoms. The van der Waals surface area contributed by atoms with Crippen LogP contribution < -0.4 is 5.32 Å². The average molecular weight is 409 g/mol.